The van der Waals surface area contributed by atoms with Gasteiger partial charge in [-0.25, -0.2) is 0 Å². The van der Waals surface area contributed by atoms with Gasteiger partial charge in [-0.15, -0.1) is 0 Å². The zero-order chi connectivity index (χ0) is 21.1. The lowest BCUT2D eigenvalue weighted by molar-refractivity contribution is 0.102. The Kier molecular flexibility index (Phi) is 6.35. The van der Waals surface area contributed by atoms with E-state index in [1.807, 2.05) is 48.5 Å². The van der Waals surface area contributed by atoms with Crippen molar-refractivity contribution < 1.29 is 4.79 Å². The number of nitrogens with one attached hydrogen (secondary N) is 2. The molecule has 0 unspecified atom stereocenters. The minimum atomic E-state index is -0.303. The van der Waals surface area contributed by atoms with Crippen molar-refractivity contribution in [2.24, 2.45) is 0 Å². The Bertz CT molecular complexity index is 1210. The summed E-state index contributed by atoms with van der Waals surface area (Å²) in [7, 11) is 0. The van der Waals surface area contributed by atoms with E-state index < -0.39 is 0 Å². The second kappa shape index (κ2) is 9.14. The van der Waals surface area contributed by atoms with Crippen molar-refractivity contribution in [1.29, 1.82) is 0 Å². The van der Waals surface area contributed by atoms with Gasteiger partial charge in [0, 0.05) is 25.4 Å². The number of carbonyl (C=O) groups is 1. The lowest BCUT2D eigenvalue weighted by Gasteiger charge is -2.10. The van der Waals surface area contributed by atoms with Crippen molar-refractivity contribution in [3.8, 4) is 11.3 Å². The Labute approximate surface area is 192 Å². The van der Waals surface area contributed by atoms with Gasteiger partial charge in [0.15, 0.2) is 0 Å². The van der Waals surface area contributed by atoms with Crippen molar-refractivity contribution in [2.75, 3.05) is 5.32 Å². The average molecular weight is 475 g/mol. The Morgan fingerprint density at radius 3 is 2.40 bits per heavy atom. The highest BCUT2D eigenvalue weighted by atomic mass is 35.5. The smallest absolute Gasteiger partial charge is 0.273 e. The summed E-state index contributed by atoms with van der Waals surface area (Å²) in [5.41, 5.74) is 2.27. The maximum atomic E-state index is 12.8. The third kappa shape index (κ3) is 4.82. The van der Waals surface area contributed by atoms with Crippen LogP contribution >= 0.6 is 46.6 Å². The molecule has 2 N–H and O–H groups in total. The average Bonchev–Trinajstić information content (AvgIpc) is 3.21. The number of hydrogen-bond acceptors (Lipinski definition) is 3. The van der Waals surface area contributed by atoms with Gasteiger partial charge < -0.3 is 5.32 Å². The molecule has 0 aliphatic rings. The molecule has 4 nitrogen and oxygen atoms in total. The molecular weight excluding hydrogens is 461 g/mol. The van der Waals surface area contributed by atoms with Gasteiger partial charge in [0.2, 0.25) is 0 Å². The molecule has 30 heavy (non-hydrogen) atoms. The summed E-state index contributed by atoms with van der Waals surface area (Å²) < 4.78 is 0. The highest BCUT2D eigenvalue weighted by Crippen LogP contribution is 2.34. The summed E-state index contributed by atoms with van der Waals surface area (Å²) in [5, 5.41) is 11.6. The van der Waals surface area contributed by atoms with Crippen LogP contribution in [-0.2, 0) is 0 Å². The second-order valence-corrected chi connectivity index (χ2v) is 8.69. The third-order valence-electron chi connectivity index (χ3n) is 4.21. The fourth-order valence-electron chi connectivity index (χ4n) is 2.75. The molecule has 0 fully saturated rings. The Hall–Kier alpha value is -2.44. The number of anilines is 1. The van der Waals surface area contributed by atoms with Gasteiger partial charge in [-0.1, -0.05) is 58.7 Å². The van der Waals surface area contributed by atoms with E-state index in [9.17, 15) is 4.79 Å². The van der Waals surface area contributed by atoms with Crippen LogP contribution in [-0.4, -0.2) is 16.1 Å². The Morgan fingerprint density at radius 2 is 1.63 bits per heavy atom. The van der Waals surface area contributed by atoms with Crippen LogP contribution in [0.15, 0.2) is 82.6 Å². The van der Waals surface area contributed by atoms with E-state index in [2.05, 4.69) is 15.5 Å². The number of H-pyrrole nitrogens is 1. The first kappa shape index (κ1) is 20.8. The zero-order valence-electron chi connectivity index (χ0n) is 15.3. The summed E-state index contributed by atoms with van der Waals surface area (Å²) in [4.78, 5) is 14.7. The van der Waals surface area contributed by atoms with Gasteiger partial charge in [0.05, 0.1) is 16.4 Å². The lowest BCUT2D eigenvalue weighted by atomic mass is 10.1. The van der Waals surface area contributed by atoms with Crippen LogP contribution in [0.3, 0.4) is 0 Å². The molecule has 8 heteroatoms. The maximum Gasteiger partial charge on any atom is 0.273 e. The number of amides is 1. The predicted molar refractivity (Wildman–Crippen MR) is 124 cm³/mol. The minimum absolute atomic E-state index is 0.303. The van der Waals surface area contributed by atoms with Gasteiger partial charge in [0.25, 0.3) is 5.91 Å². The highest BCUT2D eigenvalue weighted by Gasteiger charge is 2.15. The third-order valence-corrected chi connectivity index (χ3v) is 6.09. The van der Waals surface area contributed by atoms with Gasteiger partial charge in [0.1, 0.15) is 5.69 Å². The normalized spacial score (nSPS) is 10.8. The number of benzene rings is 3. The van der Waals surface area contributed by atoms with Crippen molar-refractivity contribution >= 4 is 58.2 Å². The van der Waals surface area contributed by atoms with E-state index in [0.717, 1.165) is 9.79 Å². The monoisotopic (exact) mass is 473 g/mol. The van der Waals surface area contributed by atoms with Crippen LogP contribution in [0, 0.1) is 0 Å². The number of aromatic amines is 1. The van der Waals surface area contributed by atoms with E-state index in [1.165, 1.54) is 11.8 Å². The van der Waals surface area contributed by atoms with Crippen LogP contribution in [0.1, 0.15) is 10.5 Å². The first-order valence-electron chi connectivity index (χ1n) is 8.84. The molecule has 1 heterocycles. The standard InChI is InChI=1S/C22H14Cl3N3OS/c23-13-5-8-15(9-6-13)30-21-4-2-1-3-18(21)26-22(29)20-12-19(27-28-20)16-10-7-14(24)11-17(16)25/h1-12H,(H,26,29)(H,27,28). The van der Waals surface area contributed by atoms with Gasteiger partial charge in [-0.2, -0.15) is 5.10 Å². The number of para-hydroxylation sites is 1. The highest BCUT2D eigenvalue weighted by molar-refractivity contribution is 7.99. The Morgan fingerprint density at radius 1 is 0.900 bits per heavy atom. The molecular formula is C22H14Cl3N3OS. The van der Waals surface area contributed by atoms with E-state index >= 15 is 0 Å². The van der Waals surface area contributed by atoms with Gasteiger partial charge >= 0.3 is 0 Å². The van der Waals surface area contributed by atoms with Crippen molar-refractivity contribution in [3.05, 3.63) is 93.6 Å². The van der Waals surface area contributed by atoms with Gasteiger partial charge in [-0.05, 0) is 60.7 Å². The minimum Gasteiger partial charge on any atom is -0.320 e. The number of nitrogens with zero attached hydrogens (tertiary/aromatic N) is 1. The van der Waals surface area contributed by atoms with E-state index in [1.54, 1.807) is 24.3 Å². The molecule has 150 valence electrons. The fourth-order valence-corrected chi connectivity index (χ4v) is 4.28. The SMILES string of the molecule is O=C(Nc1ccccc1Sc1ccc(Cl)cc1)c1cc(-c2ccc(Cl)cc2Cl)n[nH]1. The van der Waals surface area contributed by atoms with Crippen LogP contribution in [0.2, 0.25) is 15.1 Å². The number of carbonyl (C=O) groups excluding carboxylic acids is 1. The van der Waals surface area contributed by atoms with Crippen LogP contribution in [0.4, 0.5) is 5.69 Å². The molecule has 0 aliphatic carbocycles. The maximum absolute atomic E-state index is 12.8. The largest absolute Gasteiger partial charge is 0.320 e. The molecule has 0 saturated carbocycles. The summed E-state index contributed by atoms with van der Waals surface area (Å²) in [6, 6.07) is 21.9. The topological polar surface area (TPSA) is 57.8 Å². The van der Waals surface area contributed by atoms with Crippen molar-refractivity contribution in [3.63, 3.8) is 0 Å². The summed E-state index contributed by atoms with van der Waals surface area (Å²) >= 11 is 19.7. The first-order valence-corrected chi connectivity index (χ1v) is 10.8. The molecule has 4 aromatic rings. The molecule has 3 aromatic carbocycles. The molecule has 0 bridgehead atoms. The van der Waals surface area contributed by atoms with Crippen molar-refractivity contribution in [1.82, 2.24) is 10.2 Å². The molecule has 0 aliphatic heterocycles. The van der Waals surface area contributed by atoms with Crippen LogP contribution in [0.25, 0.3) is 11.3 Å². The van der Waals surface area contributed by atoms with Crippen molar-refractivity contribution in [2.45, 2.75) is 9.79 Å². The zero-order valence-corrected chi connectivity index (χ0v) is 18.4. The number of halogens is 3. The predicted octanol–water partition coefficient (Wildman–Crippen LogP) is 7.44. The second-order valence-electron chi connectivity index (χ2n) is 6.30. The number of rotatable bonds is 5. The molecule has 0 saturated heterocycles. The fraction of sp³-hybridized carbons (Fsp3) is 0. The molecule has 0 radical (unpaired) electrons. The lowest BCUT2D eigenvalue weighted by Crippen LogP contribution is -2.12. The summed E-state index contributed by atoms with van der Waals surface area (Å²) in [5.74, 6) is -0.303. The van der Waals surface area contributed by atoms with E-state index in [4.69, 9.17) is 34.8 Å². The Balaban J connectivity index is 1.53. The molecule has 1 amide bonds. The molecule has 4 rings (SSSR count). The molecule has 0 spiro atoms. The summed E-state index contributed by atoms with van der Waals surface area (Å²) in [6.07, 6.45) is 0. The molecule has 1 aromatic heterocycles. The first-order chi connectivity index (χ1) is 14.5. The van der Waals surface area contributed by atoms with Crippen LogP contribution < -0.4 is 5.32 Å². The number of aromatic nitrogens is 2. The summed E-state index contributed by atoms with van der Waals surface area (Å²) in [6.45, 7) is 0. The number of hydrogen-bond donors (Lipinski definition) is 2. The quantitative estimate of drug-likeness (QED) is 0.316. The van der Waals surface area contributed by atoms with Crippen LogP contribution in [0.5, 0.6) is 0 Å². The van der Waals surface area contributed by atoms with E-state index in [0.29, 0.717) is 37.7 Å². The molecule has 0 atom stereocenters. The van der Waals surface area contributed by atoms with E-state index in [-0.39, 0.29) is 5.91 Å². The van der Waals surface area contributed by atoms with Gasteiger partial charge in [-0.3, -0.25) is 9.89 Å².